The molecule has 1 heterocycles. The van der Waals surface area contributed by atoms with Crippen molar-refractivity contribution in [2.75, 3.05) is 19.0 Å². The Bertz CT molecular complexity index is 506. The molecule has 2 unspecified atom stereocenters. The fraction of sp³-hybridized carbons (Fsp3) is 0.500. The number of piperidine rings is 1. The lowest BCUT2D eigenvalue weighted by molar-refractivity contribution is 0.194. The molecule has 2 bridgehead atoms. The van der Waals surface area contributed by atoms with Crippen LogP contribution in [-0.2, 0) is 0 Å². The fourth-order valence-corrected chi connectivity index (χ4v) is 3.51. The Morgan fingerprint density at radius 2 is 2.32 bits per heavy atom. The van der Waals surface area contributed by atoms with E-state index in [1.165, 1.54) is 12.8 Å². The number of nitrogens with one attached hydrogen (secondary N) is 1. The highest BCUT2D eigenvalue weighted by Crippen LogP contribution is 2.37. The summed E-state index contributed by atoms with van der Waals surface area (Å²) in [7, 11) is 1.62. The van der Waals surface area contributed by atoms with Gasteiger partial charge in [-0.2, -0.15) is 0 Å². The summed E-state index contributed by atoms with van der Waals surface area (Å²) in [5.74, 6) is 1.44. The number of fused-ring (bicyclic) bond motifs is 2. The van der Waals surface area contributed by atoms with Crippen molar-refractivity contribution in [1.82, 2.24) is 4.90 Å². The third-order valence-electron chi connectivity index (χ3n) is 4.07. The lowest BCUT2D eigenvalue weighted by atomic mass is 10.1. The summed E-state index contributed by atoms with van der Waals surface area (Å²) < 4.78 is 6.11. The van der Waals surface area contributed by atoms with E-state index in [1.54, 1.807) is 7.11 Å². The third kappa shape index (κ3) is 2.43. The predicted octanol–water partition coefficient (Wildman–Crippen LogP) is 3.47. The molecular formula is C14H17BrN2O2. The topological polar surface area (TPSA) is 41.6 Å². The quantitative estimate of drug-likeness (QED) is 0.904. The number of urea groups is 1. The van der Waals surface area contributed by atoms with E-state index in [0.29, 0.717) is 6.04 Å². The van der Waals surface area contributed by atoms with Gasteiger partial charge in [0.2, 0.25) is 0 Å². The summed E-state index contributed by atoms with van der Waals surface area (Å²) in [6, 6.07) is 6.04. The first-order valence-corrected chi connectivity index (χ1v) is 7.38. The van der Waals surface area contributed by atoms with Crippen LogP contribution < -0.4 is 10.1 Å². The van der Waals surface area contributed by atoms with Crippen LogP contribution in [0, 0.1) is 5.92 Å². The Labute approximate surface area is 121 Å². The lowest BCUT2D eigenvalue weighted by Gasteiger charge is -2.27. The van der Waals surface area contributed by atoms with Gasteiger partial charge in [-0.15, -0.1) is 0 Å². The number of rotatable bonds is 2. The van der Waals surface area contributed by atoms with Crippen LogP contribution in [0.25, 0.3) is 0 Å². The molecular weight excluding hydrogens is 308 g/mol. The number of methoxy groups -OCH3 is 1. The zero-order valence-corrected chi connectivity index (χ0v) is 12.4. The van der Waals surface area contributed by atoms with Crippen LogP contribution >= 0.6 is 15.9 Å². The van der Waals surface area contributed by atoms with Crippen molar-refractivity contribution in [3.8, 4) is 5.75 Å². The number of ether oxygens (including phenoxy) is 1. The van der Waals surface area contributed by atoms with Crippen LogP contribution in [0.4, 0.5) is 10.5 Å². The predicted molar refractivity (Wildman–Crippen MR) is 77.5 cm³/mol. The second kappa shape index (κ2) is 5.04. The number of amides is 2. The first-order chi connectivity index (χ1) is 9.17. The van der Waals surface area contributed by atoms with Crippen molar-refractivity contribution in [3.63, 3.8) is 0 Å². The van der Waals surface area contributed by atoms with Crippen LogP contribution in [0.3, 0.4) is 0 Å². The van der Waals surface area contributed by atoms with E-state index in [1.807, 2.05) is 23.1 Å². The van der Waals surface area contributed by atoms with Crippen molar-refractivity contribution < 1.29 is 9.53 Å². The number of benzene rings is 1. The van der Waals surface area contributed by atoms with Gasteiger partial charge in [0, 0.05) is 24.3 Å². The Kier molecular flexibility index (Phi) is 3.39. The second-order valence-electron chi connectivity index (χ2n) is 5.26. The molecule has 1 aliphatic heterocycles. The molecule has 0 spiro atoms. The van der Waals surface area contributed by atoms with Crippen molar-refractivity contribution in [2.24, 2.45) is 5.92 Å². The molecule has 2 atom stereocenters. The van der Waals surface area contributed by atoms with Crippen molar-refractivity contribution in [1.29, 1.82) is 0 Å². The van der Waals surface area contributed by atoms with Gasteiger partial charge in [-0.05, 0) is 53.2 Å². The molecule has 0 radical (unpaired) electrons. The molecule has 5 heteroatoms. The zero-order chi connectivity index (χ0) is 13.4. The van der Waals surface area contributed by atoms with Crippen LogP contribution in [0.2, 0.25) is 0 Å². The molecule has 2 aliphatic rings. The molecule has 19 heavy (non-hydrogen) atoms. The first-order valence-electron chi connectivity index (χ1n) is 6.58. The molecule has 1 aliphatic carbocycles. The van der Waals surface area contributed by atoms with E-state index in [4.69, 9.17) is 4.74 Å². The van der Waals surface area contributed by atoms with Gasteiger partial charge >= 0.3 is 6.03 Å². The zero-order valence-electron chi connectivity index (χ0n) is 10.9. The van der Waals surface area contributed by atoms with Gasteiger partial charge in [0.25, 0.3) is 0 Å². The molecule has 2 amide bonds. The molecule has 1 saturated heterocycles. The third-order valence-corrected chi connectivity index (χ3v) is 4.73. The number of likely N-dealkylation sites (tertiary alicyclic amines) is 1. The Balaban J connectivity index is 1.69. The van der Waals surface area contributed by atoms with Gasteiger partial charge in [-0.3, -0.25) is 0 Å². The summed E-state index contributed by atoms with van der Waals surface area (Å²) in [6.45, 7) is 0.907. The monoisotopic (exact) mass is 324 g/mol. The number of anilines is 1. The van der Waals surface area contributed by atoms with Gasteiger partial charge < -0.3 is 15.0 Å². The van der Waals surface area contributed by atoms with E-state index in [-0.39, 0.29) is 6.03 Å². The number of halogens is 1. The molecule has 1 aromatic carbocycles. The average molecular weight is 325 g/mol. The van der Waals surface area contributed by atoms with Crippen molar-refractivity contribution in [3.05, 3.63) is 22.7 Å². The normalized spacial score (nSPS) is 24.6. The summed E-state index contributed by atoms with van der Waals surface area (Å²) in [5, 5.41) is 2.96. The van der Waals surface area contributed by atoms with Crippen LogP contribution in [0.15, 0.2) is 22.7 Å². The largest absolute Gasteiger partial charge is 0.495 e. The Hall–Kier alpha value is -1.23. The summed E-state index contributed by atoms with van der Waals surface area (Å²) in [4.78, 5) is 14.2. The van der Waals surface area contributed by atoms with E-state index >= 15 is 0 Å². The summed E-state index contributed by atoms with van der Waals surface area (Å²) in [5.41, 5.74) is 0.771. The molecule has 4 nitrogen and oxygen atoms in total. The molecule has 1 saturated carbocycles. The number of hydrogen-bond acceptors (Lipinski definition) is 2. The summed E-state index contributed by atoms with van der Waals surface area (Å²) in [6.07, 6.45) is 3.61. The molecule has 102 valence electrons. The molecule has 2 fully saturated rings. The number of carbonyl (C=O) groups excluding carboxylic acids is 1. The molecule has 1 N–H and O–H groups in total. The van der Waals surface area contributed by atoms with Crippen LogP contribution in [0.5, 0.6) is 5.75 Å². The summed E-state index contributed by atoms with van der Waals surface area (Å²) >= 11 is 3.40. The van der Waals surface area contributed by atoms with Gasteiger partial charge in [-0.25, -0.2) is 4.79 Å². The number of hydrogen-bond donors (Lipinski definition) is 1. The smallest absolute Gasteiger partial charge is 0.322 e. The highest BCUT2D eigenvalue weighted by Gasteiger charge is 2.40. The first kappa shape index (κ1) is 12.8. The lowest BCUT2D eigenvalue weighted by Crippen LogP contribution is -2.40. The molecule has 0 aromatic heterocycles. The second-order valence-corrected chi connectivity index (χ2v) is 6.12. The van der Waals surface area contributed by atoms with Gasteiger partial charge in [0.15, 0.2) is 0 Å². The van der Waals surface area contributed by atoms with E-state index in [9.17, 15) is 4.79 Å². The maximum Gasteiger partial charge on any atom is 0.322 e. The van der Waals surface area contributed by atoms with E-state index < -0.39 is 0 Å². The van der Waals surface area contributed by atoms with Gasteiger partial charge in [0.05, 0.1) is 11.6 Å². The standard InChI is InChI=1S/C14H17BrN2O2/c1-19-13-7-10(3-5-12(13)15)16-14(18)17-8-9-2-4-11(17)6-9/h3,5,7,9,11H,2,4,6,8H2,1H3,(H,16,18). The maximum atomic E-state index is 12.3. The van der Waals surface area contributed by atoms with Crippen LogP contribution in [-0.4, -0.2) is 30.6 Å². The maximum absolute atomic E-state index is 12.3. The minimum atomic E-state index is 0.0107. The minimum absolute atomic E-state index is 0.0107. The minimum Gasteiger partial charge on any atom is -0.495 e. The van der Waals surface area contributed by atoms with Gasteiger partial charge in [-0.1, -0.05) is 0 Å². The average Bonchev–Trinajstić information content (AvgIpc) is 3.03. The Morgan fingerprint density at radius 3 is 2.95 bits per heavy atom. The van der Waals surface area contributed by atoms with Gasteiger partial charge in [0.1, 0.15) is 5.75 Å². The number of nitrogens with zero attached hydrogens (tertiary/aromatic N) is 1. The molecule has 1 aromatic rings. The fourth-order valence-electron chi connectivity index (χ4n) is 3.11. The van der Waals surface area contributed by atoms with Crippen molar-refractivity contribution >= 4 is 27.6 Å². The van der Waals surface area contributed by atoms with Crippen molar-refractivity contribution in [2.45, 2.75) is 25.3 Å². The Morgan fingerprint density at radius 1 is 1.47 bits per heavy atom. The van der Waals surface area contributed by atoms with Crippen LogP contribution in [0.1, 0.15) is 19.3 Å². The van der Waals surface area contributed by atoms with E-state index in [2.05, 4.69) is 21.2 Å². The van der Waals surface area contributed by atoms with E-state index in [0.717, 1.165) is 34.8 Å². The highest BCUT2D eigenvalue weighted by atomic mass is 79.9. The number of carbonyl (C=O) groups is 1. The molecule has 3 rings (SSSR count). The SMILES string of the molecule is COc1cc(NC(=O)N2CC3CCC2C3)ccc1Br. The highest BCUT2D eigenvalue weighted by molar-refractivity contribution is 9.10.